The van der Waals surface area contributed by atoms with Crippen molar-refractivity contribution in [3.8, 4) is 0 Å². The van der Waals surface area contributed by atoms with E-state index in [2.05, 4.69) is 18.2 Å². The highest BCUT2D eigenvalue weighted by Crippen LogP contribution is 2.33. The fourth-order valence-corrected chi connectivity index (χ4v) is 2.14. The number of carbonyl (C=O) groups is 1. The van der Waals surface area contributed by atoms with E-state index in [0.717, 1.165) is 12.8 Å². The van der Waals surface area contributed by atoms with E-state index in [1.165, 1.54) is 5.56 Å². The van der Waals surface area contributed by atoms with E-state index < -0.39 is 0 Å². The smallest absolute Gasteiger partial charge is 0.140 e. The molecule has 1 nitrogen and oxygen atoms in total. The first-order valence-electron chi connectivity index (χ1n) is 5.62. The van der Waals surface area contributed by atoms with Gasteiger partial charge in [0.15, 0.2) is 0 Å². The Morgan fingerprint density at radius 2 is 2.00 bits per heavy atom. The maximum atomic E-state index is 11.8. The minimum absolute atomic E-state index is 0.247. The van der Waals surface area contributed by atoms with Crippen LogP contribution in [0.1, 0.15) is 18.9 Å². The van der Waals surface area contributed by atoms with Crippen LogP contribution in [0.15, 0.2) is 54.6 Å². The molecule has 1 aromatic carbocycles. The Morgan fingerprint density at radius 1 is 1.25 bits per heavy atom. The summed E-state index contributed by atoms with van der Waals surface area (Å²) >= 11 is 0. The zero-order valence-electron chi connectivity index (χ0n) is 9.52. The maximum Gasteiger partial charge on any atom is 0.140 e. The second-order valence-corrected chi connectivity index (χ2v) is 4.37. The molecule has 1 aliphatic carbocycles. The highest BCUT2D eigenvalue weighted by Gasteiger charge is 2.32. The predicted octanol–water partition coefficient (Wildman–Crippen LogP) is 3.32. The Balaban J connectivity index is 2.25. The molecule has 1 atom stereocenters. The van der Waals surface area contributed by atoms with Crippen LogP contribution in [0.25, 0.3) is 0 Å². The van der Waals surface area contributed by atoms with E-state index in [1.54, 1.807) is 6.92 Å². The van der Waals surface area contributed by atoms with Gasteiger partial charge in [0.2, 0.25) is 0 Å². The molecular formula is C15H16O. The topological polar surface area (TPSA) is 17.1 Å². The summed E-state index contributed by atoms with van der Waals surface area (Å²) in [4.78, 5) is 11.8. The van der Waals surface area contributed by atoms with Crippen molar-refractivity contribution < 1.29 is 4.79 Å². The highest BCUT2D eigenvalue weighted by atomic mass is 16.1. The maximum absolute atomic E-state index is 11.8. The van der Waals surface area contributed by atoms with Crippen molar-refractivity contribution in [3.05, 3.63) is 60.2 Å². The molecule has 0 saturated heterocycles. The molecule has 1 unspecified atom stereocenters. The van der Waals surface area contributed by atoms with Crippen LogP contribution < -0.4 is 0 Å². The van der Waals surface area contributed by atoms with Crippen LogP contribution in [-0.2, 0) is 11.2 Å². The number of benzene rings is 1. The standard InChI is InChI=1S/C15H16O/c1-13(16)15(10-6-3-7-11-15)12-14-8-4-2-5-9-14/h2-10H,11-12H2,1H3. The van der Waals surface area contributed by atoms with E-state index in [1.807, 2.05) is 36.4 Å². The molecule has 0 fully saturated rings. The molecule has 0 aliphatic heterocycles. The second kappa shape index (κ2) is 4.48. The lowest BCUT2D eigenvalue weighted by Crippen LogP contribution is -2.30. The summed E-state index contributed by atoms with van der Waals surface area (Å²) in [6.45, 7) is 1.69. The predicted molar refractivity (Wildman–Crippen MR) is 66.2 cm³/mol. The van der Waals surface area contributed by atoms with Crippen LogP contribution in [0.2, 0.25) is 0 Å². The molecule has 1 aliphatic rings. The molecular weight excluding hydrogens is 196 g/mol. The minimum atomic E-state index is -0.323. The number of hydrogen-bond acceptors (Lipinski definition) is 1. The van der Waals surface area contributed by atoms with E-state index >= 15 is 0 Å². The van der Waals surface area contributed by atoms with Crippen LogP contribution in [0, 0.1) is 5.41 Å². The van der Waals surface area contributed by atoms with Gasteiger partial charge in [0.25, 0.3) is 0 Å². The van der Waals surface area contributed by atoms with Crippen molar-refractivity contribution in [2.24, 2.45) is 5.41 Å². The number of hydrogen-bond donors (Lipinski definition) is 0. The van der Waals surface area contributed by atoms with Crippen LogP contribution in [-0.4, -0.2) is 5.78 Å². The van der Waals surface area contributed by atoms with Crippen molar-refractivity contribution in [1.29, 1.82) is 0 Å². The summed E-state index contributed by atoms with van der Waals surface area (Å²) in [7, 11) is 0. The fraction of sp³-hybridized carbons (Fsp3) is 0.267. The van der Waals surface area contributed by atoms with Crippen molar-refractivity contribution in [2.45, 2.75) is 19.8 Å². The van der Waals surface area contributed by atoms with Crippen molar-refractivity contribution in [3.63, 3.8) is 0 Å². The molecule has 0 aromatic heterocycles. The third kappa shape index (κ3) is 2.13. The van der Waals surface area contributed by atoms with Gasteiger partial charge in [0, 0.05) is 0 Å². The first-order valence-corrected chi connectivity index (χ1v) is 5.62. The molecule has 82 valence electrons. The van der Waals surface area contributed by atoms with Crippen molar-refractivity contribution >= 4 is 5.78 Å². The average Bonchev–Trinajstić information content (AvgIpc) is 2.31. The van der Waals surface area contributed by atoms with Gasteiger partial charge in [-0.2, -0.15) is 0 Å². The third-order valence-corrected chi connectivity index (χ3v) is 3.21. The number of ketones is 1. The first-order chi connectivity index (χ1) is 7.73. The molecule has 0 N–H and O–H groups in total. The van der Waals surface area contributed by atoms with E-state index in [-0.39, 0.29) is 11.2 Å². The van der Waals surface area contributed by atoms with Gasteiger partial charge in [-0.05, 0) is 25.3 Å². The molecule has 0 spiro atoms. The van der Waals surface area contributed by atoms with Gasteiger partial charge < -0.3 is 0 Å². The van der Waals surface area contributed by atoms with Gasteiger partial charge >= 0.3 is 0 Å². The normalized spacial score (nSPS) is 23.3. The van der Waals surface area contributed by atoms with Crippen molar-refractivity contribution in [2.75, 3.05) is 0 Å². The van der Waals surface area contributed by atoms with E-state index in [0.29, 0.717) is 0 Å². The zero-order valence-corrected chi connectivity index (χ0v) is 9.52. The lowest BCUT2D eigenvalue weighted by atomic mass is 9.74. The van der Waals surface area contributed by atoms with Crippen molar-refractivity contribution in [1.82, 2.24) is 0 Å². The summed E-state index contributed by atoms with van der Waals surface area (Å²) < 4.78 is 0. The van der Waals surface area contributed by atoms with Gasteiger partial charge in [-0.25, -0.2) is 0 Å². The van der Waals surface area contributed by atoms with Crippen LogP contribution >= 0.6 is 0 Å². The number of Topliss-reactive ketones (excluding diaryl/α,β-unsaturated/α-hetero) is 1. The molecule has 0 radical (unpaired) electrons. The van der Waals surface area contributed by atoms with Crippen LogP contribution in [0.3, 0.4) is 0 Å². The average molecular weight is 212 g/mol. The summed E-state index contributed by atoms with van der Waals surface area (Å²) in [6, 6.07) is 10.2. The summed E-state index contributed by atoms with van der Waals surface area (Å²) in [5.74, 6) is 0.247. The molecule has 0 saturated carbocycles. The molecule has 1 heteroatoms. The Bertz CT molecular complexity index is 428. The molecule has 0 bridgehead atoms. The molecule has 16 heavy (non-hydrogen) atoms. The first kappa shape index (κ1) is 10.9. The van der Waals surface area contributed by atoms with E-state index in [9.17, 15) is 4.79 Å². The number of rotatable bonds is 3. The Hall–Kier alpha value is -1.63. The summed E-state index contributed by atoms with van der Waals surface area (Å²) in [5, 5.41) is 0. The van der Waals surface area contributed by atoms with Gasteiger partial charge in [-0.3, -0.25) is 4.79 Å². The SMILES string of the molecule is CC(=O)C1(Cc2ccccc2)C=CC=CC1. The Labute approximate surface area is 96.5 Å². The number of allylic oxidation sites excluding steroid dienone is 4. The molecule has 1 aromatic rings. The van der Waals surface area contributed by atoms with Crippen LogP contribution in [0.5, 0.6) is 0 Å². The molecule has 0 heterocycles. The zero-order chi connectivity index (χ0) is 11.4. The van der Waals surface area contributed by atoms with Gasteiger partial charge in [0.05, 0.1) is 5.41 Å². The summed E-state index contributed by atoms with van der Waals surface area (Å²) in [6.07, 6.45) is 9.71. The lowest BCUT2D eigenvalue weighted by Gasteiger charge is -2.28. The van der Waals surface area contributed by atoms with Gasteiger partial charge in [-0.15, -0.1) is 0 Å². The molecule has 2 rings (SSSR count). The second-order valence-electron chi connectivity index (χ2n) is 4.37. The fourth-order valence-electron chi connectivity index (χ4n) is 2.14. The monoisotopic (exact) mass is 212 g/mol. The third-order valence-electron chi connectivity index (χ3n) is 3.21. The largest absolute Gasteiger partial charge is 0.299 e. The summed E-state index contributed by atoms with van der Waals surface area (Å²) in [5.41, 5.74) is 0.897. The van der Waals surface area contributed by atoms with Gasteiger partial charge in [0.1, 0.15) is 5.78 Å². The quantitative estimate of drug-likeness (QED) is 0.751. The van der Waals surface area contributed by atoms with Crippen LogP contribution in [0.4, 0.5) is 0 Å². The van der Waals surface area contributed by atoms with E-state index in [4.69, 9.17) is 0 Å². The lowest BCUT2D eigenvalue weighted by molar-refractivity contribution is -0.124. The highest BCUT2D eigenvalue weighted by molar-refractivity contribution is 5.85. The Morgan fingerprint density at radius 3 is 2.56 bits per heavy atom. The number of carbonyl (C=O) groups excluding carboxylic acids is 1. The van der Waals surface area contributed by atoms with Gasteiger partial charge in [-0.1, -0.05) is 54.6 Å². The molecule has 0 amide bonds. The minimum Gasteiger partial charge on any atom is -0.299 e. The Kier molecular flexibility index (Phi) is 3.04.